The zero-order chi connectivity index (χ0) is 25.8. The summed E-state index contributed by atoms with van der Waals surface area (Å²) in [7, 11) is -3.75. The van der Waals surface area contributed by atoms with Crippen LogP contribution in [0.15, 0.2) is 42.5 Å². The molecule has 2 aromatic carbocycles. The summed E-state index contributed by atoms with van der Waals surface area (Å²) in [6.07, 6.45) is 1.08. The predicted molar refractivity (Wildman–Crippen MR) is 137 cm³/mol. The first-order valence-corrected chi connectivity index (χ1v) is 13.2. The Kier molecular flexibility index (Phi) is 8.53. The van der Waals surface area contributed by atoms with Gasteiger partial charge in [0.05, 0.1) is 11.9 Å². The van der Waals surface area contributed by atoms with E-state index < -0.39 is 34.1 Å². The molecule has 0 aliphatic heterocycles. The van der Waals surface area contributed by atoms with E-state index in [1.165, 1.54) is 4.90 Å². The van der Waals surface area contributed by atoms with Gasteiger partial charge in [0, 0.05) is 12.1 Å². The topological polar surface area (TPSA) is 86.8 Å². The number of nitrogens with zero attached hydrogens (tertiary/aromatic N) is 2. The molecule has 0 unspecified atom stereocenters. The first-order valence-electron chi connectivity index (χ1n) is 11.3. The van der Waals surface area contributed by atoms with Crippen LogP contribution in [0, 0.1) is 20.8 Å². The number of sulfonamides is 1. The molecule has 1 atom stereocenters. The molecule has 0 saturated carbocycles. The van der Waals surface area contributed by atoms with Crippen LogP contribution in [0.4, 0.5) is 5.69 Å². The van der Waals surface area contributed by atoms with Crippen LogP contribution in [0.2, 0.25) is 0 Å². The van der Waals surface area contributed by atoms with Gasteiger partial charge in [-0.1, -0.05) is 47.5 Å². The largest absolute Gasteiger partial charge is 0.350 e. The van der Waals surface area contributed by atoms with Crippen LogP contribution in [-0.4, -0.2) is 49.5 Å². The summed E-state index contributed by atoms with van der Waals surface area (Å²) in [4.78, 5) is 28.0. The minimum absolute atomic E-state index is 0.184. The molecule has 7 nitrogen and oxygen atoms in total. The third kappa shape index (κ3) is 7.58. The molecule has 186 valence electrons. The summed E-state index contributed by atoms with van der Waals surface area (Å²) in [5.74, 6) is -0.755. The van der Waals surface area contributed by atoms with Crippen molar-refractivity contribution in [1.82, 2.24) is 10.2 Å². The highest BCUT2D eigenvalue weighted by Crippen LogP contribution is 2.24. The van der Waals surface area contributed by atoms with Gasteiger partial charge in [0.1, 0.15) is 12.6 Å². The van der Waals surface area contributed by atoms with Crippen LogP contribution in [-0.2, 0) is 26.2 Å². The van der Waals surface area contributed by atoms with Gasteiger partial charge in [-0.05, 0) is 65.7 Å². The summed E-state index contributed by atoms with van der Waals surface area (Å²) in [6, 6.07) is 12.3. The fraction of sp³-hybridized carbons (Fsp3) is 0.462. The van der Waals surface area contributed by atoms with E-state index in [1.807, 2.05) is 77.9 Å². The zero-order valence-electron chi connectivity index (χ0n) is 21.5. The van der Waals surface area contributed by atoms with Crippen LogP contribution >= 0.6 is 0 Å². The van der Waals surface area contributed by atoms with Crippen molar-refractivity contribution in [1.29, 1.82) is 0 Å². The molecule has 2 aromatic rings. The number of carbonyl (C=O) groups is 2. The van der Waals surface area contributed by atoms with Crippen LogP contribution in [0.1, 0.15) is 49.9 Å². The Morgan fingerprint density at radius 1 is 1.00 bits per heavy atom. The van der Waals surface area contributed by atoms with Gasteiger partial charge in [0.2, 0.25) is 21.8 Å². The summed E-state index contributed by atoms with van der Waals surface area (Å²) in [6.45, 7) is 12.8. The second-order valence-corrected chi connectivity index (χ2v) is 11.9. The van der Waals surface area contributed by atoms with Crippen molar-refractivity contribution < 1.29 is 18.0 Å². The second-order valence-electron chi connectivity index (χ2n) is 9.99. The number of aryl methyl sites for hydroxylation is 3. The van der Waals surface area contributed by atoms with Gasteiger partial charge in [-0.15, -0.1) is 0 Å². The van der Waals surface area contributed by atoms with Crippen molar-refractivity contribution in [3.63, 3.8) is 0 Å². The Morgan fingerprint density at radius 3 is 2.15 bits per heavy atom. The van der Waals surface area contributed by atoms with Crippen LogP contribution in [0.25, 0.3) is 0 Å². The lowest BCUT2D eigenvalue weighted by Crippen LogP contribution is -2.54. The van der Waals surface area contributed by atoms with E-state index in [2.05, 4.69) is 5.32 Å². The van der Waals surface area contributed by atoms with Gasteiger partial charge in [-0.25, -0.2) is 8.42 Å². The fourth-order valence-electron chi connectivity index (χ4n) is 3.74. The molecular formula is C26H37N3O4S. The molecule has 0 fully saturated rings. The highest BCUT2D eigenvalue weighted by Gasteiger charge is 2.31. The molecule has 0 heterocycles. The fourth-order valence-corrected chi connectivity index (χ4v) is 4.65. The van der Waals surface area contributed by atoms with E-state index in [4.69, 9.17) is 0 Å². The first-order chi connectivity index (χ1) is 15.6. The molecule has 0 bridgehead atoms. The number of amides is 2. The van der Waals surface area contributed by atoms with Gasteiger partial charge >= 0.3 is 0 Å². The average molecular weight is 488 g/mol. The minimum Gasteiger partial charge on any atom is -0.350 e. The van der Waals surface area contributed by atoms with E-state index >= 15 is 0 Å². The summed E-state index contributed by atoms with van der Waals surface area (Å²) >= 11 is 0. The number of hydrogen-bond acceptors (Lipinski definition) is 4. The van der Waals surface area contributed by atoms with Gasteiger partial charge in [0.15, 0.2) is 0 Å². The average Bonchev–Trinajstić information content (AvgIpc) is 2.68. The van der Waals surface area contributed by atoms with E-state index in [1.54, 1.807) is 13.0 Å². The van der Waals surface area contributed by atoms with Crippen molar-refractivity contribution >= 4 is 27.5 Å². The molecule has 0 aromatic heterocycles. The smallest absolute Gasteiger partial charge is 0.244 e. The Morgan fingerprint density at radius 2 is 1.62 bits per heavy atom. The lowest BCUT2D eigenvalue weighted by atomic mass is 10.1. The Labute approximate surface area is 204 Å². The van der Waals surface area contributed by atoms with Gasteiger partial charge in [-0.3, -0.25) is 13.9 Å². The predicted octanol–water partition coefficient (Wildman–Crippen LogP) is 3.71. The maximum absolute atomic E-state index is 13.6. The SMILES string of the molecule is Cc1cccc(CN(C(=O)CN(c2ccc(C)cc2C)S(C)(=O)=O)[C@H](C)C(=O)NC(C)(C)C)c1. The highest BCUT2D eigenvalue weighted by atomic mass is 32.2. The first kappa shape index (κ1) is 27.4. The van der Waals surface area contributed by atoms with Gasteiger partial charge in [0.25, 0.3) is 0 Å². The lowest BCUT2D eigenvalue weighted by Gasteiger charge is -2.33. The molecule has 2 rings (SSSR count). The highest BCUT2D eigenvalue weighted by molar-refractivity contribution is 7.92. The summed E-state index contributed by atoms with van der Waals surface area (Å²) in [5.41, 5.74) is 3.62. The number of hydrogen-bond donors (Lipinski definition) is 1. The molecule has 1 N–H and O–H groups in total. The molecule has 0 radical (unpaired) electrons. The van der Waals surface area contributed by atoms with E-state index in [9.17, 15) is 18.0 Å². The van der Waals surface area contributed by atoms with Crippen LogP contribution in [0.5, 0.6) is 0 Å². The Balaban J connectivity index is 2.44. The molecule has 34 heavy (non-hydrogen) atoms. The maximum Gasteiger partial charge on any atom is 0.244 e. The minimum atomic E-state index is -3.75. The molecule has 0 spiro atoms. The second kappa shape index (κ2) is 10.6. The Bertz CT molecular complexity index is 1150. The third-order valence-corrected chi connectivity index (χ3v) is 6.53. The summed E-state index contributed by atoms with van der Waals surface area (Å²) in [5, 5.41) is 2.92. The number of anilines is 1. The van der Waals surface area contributed by atoms with Crippen molar-refractivity contribution in [2.45, 2.75) is 66.6 Å². The van der Waals surface area contributed by atoms with Gasteiger partial charge in [-0.2, -0.15) is 0 Å². The number of nitrogens with one attached hydrogen (secondary N) is 1. The van der Waals surface area contributed by atoms with Crippen LogP contribution < -0.4 is 9.62 Å². The van der Waals surface area contributed by atoms with Gasteiger partial charge < -0.3 is 10.2 Å². The van der Waals surface area contributed by atoms with E-state index in [-0.39, 0.29) is 12.5 Å². The van der Waals surface area contributed by atoms with E-state index in [0.29, 0.717) is 5.69 Å². The lowest BCUT2D eigenvalue weighted by molar-refractivity contribution is -0.140. The Hall–Kier alpha value is -2.87. The number of carbonyl (C=O) groups excluding carboxylic acids is 2. The zero-order valence-corrected chi connectivity index (χ0v) is 22.3. The third-order valence-electron chi connectivity index (χ3n) is 5.40. The molecular weight excluding hydrogens is 450 g/mol. The molecule has 0 aliphatic carbocycles. The molecule has 2 amide bonds. The summed E-state index contributed by atoms with van der Waals surface area (Å²) < 4.78 is 26.5. The molecule has 8 heteroatoms. The number of rotatable bonds is 8. The van der Waals surface area contributed by atoms with E-state index in [0.717, 1.165) is 32.8 Å². The van der Waals surface area contributed by atoms with Crippen molar-refractivity contribution in [2.24, 2.45) is 0 Å². The van der Waals surface area contributed by atoms with Crippen molar-refractivity contribution in [3.8, 4) is 0 Å². The maximum atomic E-state index is 13.6. The monoisotopic (exact) mass is 487 g/mol. The normalized spacial score (nSPS) is 12.7. The quantitative estimate of drug-likeness (QED) is 0.615. The van der Waals surface area contributed by atoms with Crippen molar-refractivity contribution in [3.05, 3.63) is 64.7 Å². The molecule has 0 aliphatic rings. The standard InChI is InChI=1S/C26H37N3O4S/c1-18-10-9-11-22(15-18)16-28(21(4)25(31)27-26(5,6)7)24(30)17-29(34(8,32)33)23-13-12-19(2)14-20(23)3/h9-15,21H,16-17H2,1-8H3,(H,27,31)/t21-/m1/s1. The number of benzene rings is 2. The van der Waals surface area contributed by atoms with Crippen molar-refractivity contribution in [2.75, 3.05) is 17.1 Å². The molecule has 0 saturated heterocycles. The van der Waals surface area contributed by atoms with Crippen LogP contribution in [0.3, 0.4) is 0 Å².